The average molecular weight is 300 g/mol. The van der Waals surface area contributed by atoms with Crippen molar-refractivity contribution in [2.45, 2.75) is 26.7 Å². The lowest BCUT2D eigenvalue weighted by atomic mass is 10.1. The van der Waals surface area contributed by atoms with Gasteiger partial charge in [0.25, 0.3) is 5.56 Å². The number of carbonyl (C=O) groups is 1. The van der Waals surface area contributed by atoms with E-state index in [4.69, 9.17) is 4.74 Å². The maximum Gasteiger partial charge on any atom is 0.277 e. The van der Waals surface area contributed by atoms with Gasteiger partial charge in [0.2, 0.25) is 0 Å². The summed E-state index contributed by atoms with van der Waals surface area (Å²) in [6.45, 7) is 4.19. The van der Waals surface area contributed by atoms with Crippen LogP contribution in [0.2, 0.25) is 0 Å². The van der Waals surface area contributed by atoms with E-state index in [-0.39, 0.29) is 16.9 Å². The lowest BCUT2D eigenvalue weighted by Gasteiger charge is -2.08. The molecule has 2 aromatic rings. The van der Waals surface area contributed by atoms with Gasteiger partial charge in [0.05, 0.1) is 17.9 Å². The van der Waals surface area contributed by atoms with Gasteiger partial charge in [-0.1, -0.05) is 13.3 Å². The molecule has 0 fully saturated rings. The molecule has 0 aliphatic carbocycles. The van der Waals surface area contributed by atoms with Gasteiger partial charge in [0.15, 0.2) is 5.78 Å². The van der Waals surface area contributed by atoms with Crippen LogP contribution in [0.3, 0.4) is 0 Å². The zero-order chi connectivity index (χ0) is 16.1. The number of ketones is 1. The van der Waals surface area contributed by atoms with Gasteiger partial charge in [-0.2, -0.15) is 5.10 Å². The first-order valence-electron chi connectivity index (χ1n) is 7.35. The van der Waals surface area contributed by atoms with Crippen LogP contribution >= 0.6 is 0 Å². The number of Topliss-reactive ketones (excluding diaryl/α,β-unsaturated/α-hetero) is 1. The lowest BCUT2D eigenvalue weighted by Crippen LogP contribution is -2.25. The molecule has 1 aromatic heterocycles. The molecule has 0 amide bonds. The van der Waals surface area contributed by atoms with Crippen molar-refractivity contribution in [3.63, 3.8) is 0 Å². The Bertz CT molecular complexity index is 718. The molecular weight excluding hydrogens is 280 g/mol. The molecule has 0 N–H and O–H groups in total. The van der Waals surface area contributed by atoms with Crippen molar-refractivity contribution in [3.05, 3.63) is 46.2 Å². The standard InChI is InChI=1S/C17H20N2O3/c1-4-5-10-22-14-8-6-13(7-9-14)16-11-15(12(2)20)17(21)19(3)18-16/h6-9,11H,4-5,10H2,1-3H3. The summed E-state index contributed by atoms with van der Waals surface area (Å²) >= 11 is 0. The SMILES string of the molecule is CCCCOc1ccc(-c2cc(C(C)=O)c(=O)n(C)n2)cc1. The van der Waals surface area contributed by atoms with Crippen LogP contribution in [0.15, 0.2) is 35.1 Å². The van der Waals surface area contributed by atoms with E-state index >= 15 is 0 Å². The second-order valence-corrected chi connectivity index (χ2v) is 5.15. The molecule has 0 radical (unpaired) electrons. The molecule has 0 unspecified atom stereocenters. The molecule has 5 nitrogen and oxygen atoms in total. The molecule has 22 heavy (non-hydrogen) atoms. The molecule has 1 aromatic carbocycles. The minimum absolute atomic E-state index is 0.149. The van der Waals surface area contributed by atoms with Crippen LogP contribution in [-0.4, -0.2) is 22.2 Å². The van der Waals surface area contributed by atoms with Crippen LogP contribution in [-0.2, 0) is 7.05 Å². The highest BCUT2D eigenvalue weighted by atomic mass is 16.5. The van der Waals surface area contributed by atoms with Gasteiger partial charge in [-0.15, -0.1) is 0 Å². The molecule has 0 aliphatic heterocycles. The van der Waals surface area contributed by atoms with Crippen molar-refractivity contribution in [2.75, 3.05) is 6.61 Å². The summed E-state index contributed by atoms with van der Waals surface area (Å²) in [4.78, 5) is 23.4. The Morgan fingerprint density at radius 3 is 2.55 bits per heavy atom. The highest BCUT2D eigenvalue weighted by Crippen LogP contribution is 2.21. The number of benzene rings is 1. The van der Waals surface area contributed by atoms with Crippen LogP contribution in [0.1, 0.15) is 37.0 Å². The summed E-state index contributed by atoms with van der Waals surface area (Å²) < 4.78 is 6.80. The molecule has 116 valence electrons. The number of hydrogen-bond acceptors (Lipinski definition) is 4. The number of unbranched alkanes of at least 4 members (excludes halogenated alkanes) is 1. The Morgan fingerprint density at radius 1 is 1.27 bits per heavy atom. The van der Waals surface area contributed by atoms with Gasteiger partial charge in [0.1, 0.15) is 5.75 Å². The molecule has 0 spiro atoms. The first-order valence-corrected chi connectivity index (χ1v) is 7.35. The third kappa shape index (κ3) is 3.61. The summed E-state index contributed by atoms with van der Waals surface area (Å²) in [5, 5.41) is 4.20. The normalized spacial score (nSPS) is 10.5. The molecule has 2 rings (SSSR count). The maximum atomic E-state index is 11.9. The van der Waals surface area contributed by atoms with Crippen molar-refractivity contribution in [1.82, 2.24) is 9.78 Å². The second-order valence-electron chi connectivity index (χ2n) is 5.15. The highest BCUT2D eigenvalue weighted by molar-refractivity contribution is 5.94. The predicted octanol–water partition coefficient (Wildman–Crippen LogP) is 2.83. The zero-order valence-electron chi connectivity index (χ0n) is 13.1. The summed E-state index contributed by atoms with van der Waals surface area (Å²) in [6, 6.07) is 9.02. The van der Waals surface area contributed by atoms with Crippen molar-refractivity contribution in [3.8, 4) is 17.0 Å². The summed E-state index contributed by atoms with van der Waals surface area (Å²) in [5.74, 6) is 0.539. The fourth-order valence-corrected chi connectivity index (χ4v) is 2.06. The van der Waals surface area contributed by atoms with Crippen LogP contribution in [0.4, 0.5) is 0 Å². The Morgan fingerprint density at radius 2 is 1.95 bits per heavy atom. The van der Waals surface area contributed by atoms with E-state index in [2.05, 4.69) is 12.0 Å². The molecule has 0 saturated carbocycles. The molecule has 5 heteroatoms. The largest absolute Gasteiger partial charge is 0.494 e. The van der Waals surface area contributed by atoms with E-state index < -0.39 is 0 Å². The summed E-state index contributed by atoms with van der Waals surface area (Å²) in [7, 11) is 1.54. The van der Waals surface area contributed by atoms with Gasteiger partial charge in [-0.3, -0.25) is 9.59 Å². The quantitative estimate of drug-likeness (QED) is 0.608. The van der Waals surface area contributed by atoms with Crippen molar-refractivity contribution < 1.29 is 9.53 Å². The Hall–Kier alpha value is -2.43. The van der Waals surface area contributed by atoms with Crippen LogP contribution in [0.25, 0.3) is 11.3 Å². The number of hydrogen-bond donors (Lipinski definition) is 0. The van der Waals surface area contributed by atoms with E-state index in [1.807, 2.05) is 24.3 Å². The zero-order valence-corrected chi connectivity index (χ0v) is 13.1. The summed E-state index contributed by atoms with van der Waals surface area (Å²) in [6.07, 6.45) is 2.11. The monoisotopic (exact) mass is 300 g/mol. The first-order chi connectivity index (χ1) is 10.5. The number of nitrogens with zero attached hydrogens (tertiary/aromatic N) is 2. The van der Waals surface area contributed by atoms with E-state index in [0.29, 0.717) is 12.3 Å². The fourth-order valence-electron chi connectivity index (χ4n) is 2.06. The molecule has 0 atom stereocenters. The van der Waals surface area contributed by atoms with Crippen LogP contribution < -0.4 is 10.3 Å². The molecule has 0 aliphatic rings. The van der Waals surface area contributed by atoms with E-state index in [1.165, 1.54) is 17.7 Å². The Kier molecular flexibility index (Phi) is 5.09. The maximum absolute atomic E-state index is 11.9. The van der Waals surface area contributed by atoms with E-state index in [0.717, 1.165) is 24.2 Å². The third-order valence-electron chi connectivity index (χ3n) is 3.36. The minimum Gasteiger partial charge on any atom is -0.494 e. The van der Waals surface area contributed by atoms with Crippen molar-refractivity contribution >= 4 is 5.78 Å². The Labute approximate surface area is 129 Å². The van der Waals surface area contributed by atoms with Crippen molar-refractivity contribution in [2.24, 2.45) is 7.05 Å². The molecule has 0 bridgehead atoms. The third-order valence-corrected chi connectivity index (χ3v) is 3.36. The number of aromatic nitrogens is 2. The van der Waals surface area contributed by atoms with Crippen LogP contribution in [0.5, 0.6) is 5.75 Å². The molecular formula is C17H20N2O3. The van der Waals surface area contributed by atoms with Gasteiger partial charge in [0, 0.05) is 12.6 Å². The van der Waals surface area contributed by atoms with Gasteiger partial charge in [-0.05, 0) is 43.7 Å². The van der Waals surface area contributed by atoms with Crippen molar-refractivity contribution in [1.29, 1.82) is 0 Å². The topological polar surface area (TPSA) is 61.2 Å². The average Bonchev–Trinajstić information content (AvgIpc) is 2.50. The minimum atomic E-state index is -0.379. The van der Waals surface area contributed by atoms with Gasteiger partial charge < -0.3 is 4.74 Å². The molecule has 0 saturated heterocycles. The number of ether oxygens (including phenoxy) is 1. The van der Waals surface area contributed by atoms with Crippen LogP contribution in [0, 0.1) is 0 Å². The fraction of sp³-hybridized carbons (Fsp3) is 0.353. The van der Waals surface area contributed by atoms with Gasteiger partial charge >= 0.3 is 0 Å². The molecule has 1 heterocycles. The second kappa shape index (κ2) is 7.02. The van der Waals surface area contributed by atoms with E-state index in [9.17, 15) is 9.59 Å². The van der Waals surface area contributed by atoms with E-state index in [1.54, 1.807) is 7.05 Å². The smallest absolute Gasteiger partial charge is 0.277 e. The summed E-state index contributed by atoms with van der Waals surface area (Å²) in [5.41, 5.74) is 1.19. The first kappa shape index (κ1) is 15.9. The van der Waals surface area contributed by atoms with Gasteiger partial charge in [-0.25, -0.2) is 4.68 Å². The Balaban J connectivity index is 2.28. The number of aryl methyl sites for hydroxylation is 1. The lowest BCUT2D eigenvalue weighted by molar-refractivity contribution is 0.101. The number of carbonyl (C=O) groups excluding carboxylic acids is 1. The predicted molar refractivity (Wildman–Crippen MR) is 85.3 cm³/mol. The number of rotatable bonds is 6. The highest BCUT2D eigenvalue weighted by Gasteiger charge is 2.11.